The Labute approximate surface area is 141 Å². The third-order valence-corrected chi connectivity index (χ3v) is 3.76. The van der Waals surface area contributed by atoms with Crippen LogP contribution in [0.15, 0.2) is 33.9 Å². The van der Waals surface area contributed by atoms with E-state index >= 15 is 0 Å². The fourth-order valence-corrected chi connectivity index (χ4v) is 2.43. The molecule has 3 N–H and O–H groups in total. The van der Waals surface area contributed by atoms with E-state index in [1.165, 1.54) is 0 Å². The highest BCUT2D eigenvalue weighted by Gasteiger charge is 2.12. The molecule has 1 heterocycles. The molecule has 1 aromatic carbocycles. The molecule has 2 rings (SSSR count). The second-order valence-electron chi connectivity index (χ2n) is 4.53. The fourth-order valence-electron chi connectivity index (χ4n) is 2.03. The molecular formula is C14H17IN4O3. The minimum atomic E-state index is -0.429. The van der Waals surface area contributed by atoms with Gasteiger partial charge in [0.2, 0.25) is 0 Å². The molecule has 0 unspecified atom stereocenters. The number of halogens is 1. The molecule has 0 atom stereocenters. The van der Waals surface area contributed by atoms with Gasteiger partial charge in [-0.2, -0.15) is 0 Å². The standard InChI is InChI=1S/C14H17IN4O3/c1-3-19-13(20)11(12(18-15)17-14(19)21)16-8-9-4-6-10(22-2)7-5-9/h4-7,16,18H,3,8H2,1-2H3,(H,17,21). The summed E-state index contributed by atoms with van der Waals surface area (Å²) in [6.07, 6.45) is 0. The Morgan fingerprint density at radius 1 is 1.27 bits per heavy atom. The lowest BCUT2D eigenvalue weighted by Gasteiger charge is -2.12. The van der Waals surface area contributed by atoms with Crippen molar-refractivity contribution in [3.05, 3.63) is 50.7 Å². The molecule has 7 nitrogen and oxygen atoms in total. The van der Waals surface area contributed by atoms with Crippen molar-refractivity contribution in [3.63, 3.8) is 0 Å². The number of ether oxygens (including phenoxy) is 1. The average molecular weight is 416 g/mol. The Hall–Kier alpha value is -1.97. The normalized spacial score (nSPS) is 10.3. The molecule has 0 spiro atoms. The lowest BCUT2D eigenvalue weighted by molar-refractivity contribution is 0.414. The zero-order valence-electron chi connectivity index (χ0n) is 12.3. The molecule has 1 aromatic heterocycles. The van der Waals surface area contributed by atoms with Crippen molar-refractivity contribution in [1.82, 2.24) is 9.55 Å². The molecule has 0 radical (unpaired) electrons. The van der Waals surface area contributed by atoms with Crippen molar-refractivity contribution in [2.24, 2.45) is 0 Å². The van der Waals surface area contributed by atoms with Crippen LogP contribution in [0.25, 0.3) is 0 Å². The van der Waals surface area contributed by atoms with E-state index in [1.54, 1.807) is 14.0 Å². The SMILES string of the molecule is CCn1c(=O)[nH]c(NI)c(NCc2ccc(OC)cc2)c1=O. The number of methoxy groups -OCH3 is 1. The van der Waals surface area contributed by atoms with Gasteiger partial charge in [0.25, 0.3) is 5.56 Å². The minimum Gasteiger partial charge on any atom is -0.497 e. The first kappa shape index (κ1) is 16.4. The number of H-pyrrole nitrogens is 1. The van der Waals surface area contributed by atoms with Crippen molar-refractivity contribution in [3.8, 4) is 5.75 Å². The van der Waals surface area contributed by atoms with E-state index in [2.05, 4.69) is 13.8 Å². The van der Waals surface area contributed by atoms with Crippen molar-refractivity contribution in [2.45, 2.75) is 20.0 Å². The van der Waals surface area contributed by atoms with Crippen molar-refractivity contribution in [2.75, 3.05) is 16.0 Å². The molecule has 2 aromatic rings. The molecule has 118 valence electrons. The third kappa shape index (κ3) is 3.43. The van der Waals surface area contributed by atoms with Gasteiger partial charge in [-0.15, -0.1) is 0 Å². The summed E-state index contributed by atoms with van der Waals surface area (Å²) in [6, 6.07) is 7.53. The number of benzene rings is 1. The summed E-state index contributed by atoms with van der Waals surface area (Å²) in [7, 11) is 1.61. The summed E-state index contributed by atoms with van der Waals surface area (Å²) in [5, 5.41) is 3.08. The van der Waals surface area contributed by atoms with Crippen LogP contribution >= 0.6 is 22.9 Å². The van der Waals surface area contributed by atoms with E-state index in [9.17, 15) is 9.59 Å². The Balaban J connectivity index is 2.28. The highest BCUT2D eigenvalue weighted by atomic mass is 127. The topological polar surface area (TPSA) is 88.2 Å². The van der Waals surface area contributed by atoms with Crippen molar-refractivity contribution in [1.29, 1.82) is 0 Å². The van der Waals surface area contributed by atoms with Gasteiger partial charge in [0, 0.05) is 13.1 Å². The van der Waals surface area contributed by atoms with E-state index in [-0.39, 0.29) is 5.56 Å². The lowest BCUT2D eigenvalue weighted by atomic mass is 10.2. The van der Waals surface area contributed by atoms with Crippen LogP contribution in [0.3, 0.4) is 0 Å². The molecular weight excluding hydrogens is 399 g/mol. The number of hydrogen-bond acceptors (Lipinski definition) is 5. The molecule has 0 aliphatic carbocycles. The number of nitrogens with one attached hydrogen (secondary N) is 3. The molecule has 0 saturated carbocycles. The van der Waals surface area contributed by atoms with Crippen LogP contribution < -0.4 is 24.8 Å². The molecule has 22 heavy (non-hydrogen) atoms. The maximum Gasteiger partial charge on any atom is 0.330 e. The van der Waals surface area contributed by atoms with Gasteiger partial charge >= 0.3 is 5.69 Å². The smallest absolute Gasteiger partial charge is 0.330 e. The Morgan fingerprint density at radius 2 is 1.95 bits per heavy atom. The quantitative estimate of drug-likeness (QED) is 0.495. The van der Waals surface area contributed by atoms with Gasteiger partial charge < -0.3 is 13.6 Å². The second kappa shape index (κ2) is 7.34. The maximum atomic E-state index is 12.3. The van der Waals surface area contributed by atoms with Crippen LogP contribution in [0.2, 0.25) is 0 Å². The number of hydrogen-bond donors (Lipinski definition) is 3. The second-order valence-corrected chi connectivity index (χ2v) is 5.07. The van der Waals surface area contributed by atoms with Crippen LogP contribution in [0, 0.1) is 0 Å². The number of nitrogens with zero attached hydrogens (tertiary/aromatic N) is 1. The highest BCUT2D eigenvalue weighted by molar-refractivity contribution is 14.1. The molecule has 0 aliphatic rings. The number of aromatic nitrogens is 2. The minimum absolute atomic E-state index is 0.312. The van der Waals surface area contributed by atoms with E-state index in [1.807, 2.05) is 47.1 Å². The number of anilines is 2. The molecule has 0 aliphatic heterocycles. The number of rotatable bonds is 6. The Kier molecular flexibility index (Phi) is 5.47. The molecule has 8 heteroatoms. The average Bonchev–Trinajstić information content (AvgIpc) is 2.54. The molecule has 0 bridgehead atoms. The first-order valence-electron chi connectivity index (χ1n) is 6.71. The van der Waals surface area contributed by atoms with Gasteiger partial charge in [-0.05, 0) is 24.6 Å². The van der Waals surface area contributed by atoms with Crippen LogP contribution in [0.4, 0.5) is 11.5 Å². The van der Waals surface area contributed by atoms with E-state index < -0.39 is 5.69 Å². The first-order chi connectivity index (χ1) is 10.6. The summed E-state index contributed by atoms with van der Waals surface area (Å²) in [4.78, 5) is 26.8. The van der Waals surface area contributed by atoms with Gasteiger partial charge in [-0.25, -0.2) is 4.79 Å². The van der Waals surface area contributed by atoms with Gasteiger partial charge in [0.05, 0.1) is 30.0 Å². The zero-order valence-corrected chi connectivity index (χ0v) is 14.4. The summed E-state index contributed by atoms with van der Waals surface area (Å²) < 4.78 is 9.05. The van der Waals surface area contributed by atoms with Crippen molar-refractivity contribution >= 4 is 34.4 Å². The summed E-state index contributed by atoms with van der Waals surface area (Å²) in [6.45, 7) is 2.52. The molecule has 0 amide bonds. The lowest BCUT2D eigenvalue weighted by Crippen LogP contribution is -2.36. The van der Waals surface area contributed by atoms with Gasteiger partial charge in [-0.1, -0.05) is 12.1 Å². The summed E-state index contributed by atoms with van der Waals surface area (Å²) >= 11 is 1.87. The Morgan fingerprint density at radius 3 is 2.50 bits per heavy atom. The predicted molar refractivity (Wildman–Crippen MR) is 95.0 cm³/mol. The highest BCUT2D eigenvalue weighted by Crippen LogP contribution is 2.16. The largest absolute Gasteiger partial charge is 0.497 e. The van der Waals surface area contributed by atoms with Crippen LogP contribution in [0.1, 0.15) is 12.5 Å². The van der Waals surface area contributed by atoms with Gasteiger partial charge in [0.1, 0.15) is 17.3 Å². The zero-order chi connectivity index (χ0) is 16.1. The predicted octanol–water partition coefficient (Wildman–Crippen LogP) is 1.94. The Bertz CT molecular complexity index is 752. The maximum absolute atomic E-state index is 12.3. The van der Waals surface area contributed by atoms with Crippen molar-refractivity contribution < 1.29 is 4.74 Å². The van der Waals surface area contributed by atoms with Gasteiger partial charge in [-0.3, -0.25) is 14.3 Å². The van der Waals surface area contributed by atoms with Crippen LogP contribution in [0.5, 0.6) is 5.75 Å². The van der Waals surface area contributed by atoms with Crippen LogP contribution in [-0.2, 0) is 13.1 Å². The summed E-state index contributed by atoms with van der Waals surface area (Å²) in [5.74, 6) is 1.14. The fraction of sp³-hybridized carbons (Fsp3) is 0.286. The number of aromatic amines is 1. The van der Waals surface area contributed by atoms with Crippen LogP contribution in [-0.4, -0.2) is 16.7 Å². The van der Waals surface area contributed by atoms with E-state index in [0.29, 0.717) is 24.6 Å². The summed E-state index contributed by atoms with van der Waals surface area (Å²) in [5.41, 5.74) is 0.557. The monoisotopic (exact) mass is 416 g/mol. The van der Waals surface area contributed by atoms with E-state index in [0.717, 1.165) is 15.9 Å². The van der Waals surface area contributed by atoms with E-state index in [4.69, 9.17) is 4.74 Å². The first-order valence-corrected chi connectivity index (χ1v) is 7.79. The molecule has 0 fully saturated rings. The molecule has 0 saturated heterocycles. The third-order valence-electron chi connectivity index (χ3n) is 3.23. The van der Waals surface area contributed by atoms with Gasteiger partial charge in [0.15, 0.2) is 0 Å².